The highest BCUT2D eigenvalue weighted by Gasteiger charge is 2.07. The minimum Gasteiger partial charge on any atom is -0.423 e. The fourth-order valence-electron chi connectivity index (χ4n) is 1.38. The van der Waals surface area contributed by atoms with Crippen LogP contribution < -0.4 is 4.74 Å². The van der Waals surface area contributed by atoms with Crippen LogP contribution >= 0.6 is 12.2 Å². The third kappa shape index (κ3) is 3.10. The number of ether oxygens (including phenoxy) is 1. The van der Waals surface area contributed by atoms with Gasteiger partial charge in [0.2, 0.25) is 0 Å². The molecule has 2 aromatic carbocycles. The van der Waals surface area contributed by atoms with E-state index in [1.54, 1.807) is 48.5 Å². The van der Waals surface area contributed by atoms with Crippen LogP contribution in [0.4, 0.5) is 5.69 Å². The smallest absolute Gasteiger partial charge is 0.343 e. The highest BCUT2D eigenvalue weighted by Crippen LogP contribution is 2.18. The van der Waals surface area contributed by atoms with Crippen molar-refractivity contribution in [2.24, 2.45) is 4.99 Å². The zero-order valence-corrected chi connectivity index (χ0v) is 10.2. The highest BCUT2D eigenvalue weighted by molar-refractivity contribution is 7.78. The van der Waals surface area contributed by atoms with Crippen LogP contribution in [0.15, 0.2) is 59.6 Å². The van der Waals surface area contributed by atoms with E-state index in [2.05, 4.69) is 22.4 Å². The van der Waals surface area contributed by atoms with Crippen molar-refractivity contribution < 1.29 is 9.53 Å². The zero-order chi connectivity index (χ0) is 12.8. The zero-order valence-electron chi connectivity index (χ0n) is 9.37. The van der Waals surface area contributed by atoms with E-state index in [0.717, 1.165) is 0 Å². The Morgan fingerprint density at radius 1 is 1.06 bits per heavy atom. The Morgan fingerprint density at radius 3 is 2.33 bits per heavy atom. The van der Waals surface area contributed by atoms with Gasteiger partial charge in [0.25, 0.3) is 0 Å². The maximum absolute atomic E-state index is 11.8. The summed E-state index contributed by atoms with van der Waals surface area (Å²) >= 11 is 4.50. The largest absolute Gasteiger partial charge is 0.423 e. The van der Waals surface area contributed by atoms with Gasteiger partial charge in [0.1, 0.15) is 5.75 Å². The first-order chi connectivity index (χ1) is 8.79. The van der Waals surface area contributed by atoms with Crippen molar-refractivity contribution in [3.05, 3.63) is 60.2 Å². The Labute approximate surface area is 110 Å². The molecule has 0 bridgehead atoms. The van der Waals surface area contributed by atoms with Gasteiger partial charge in [-0.3, -0.25) is 0 Å². The Balaban J connectivity index is 2.10. The third-order valence-electron chi connectivity index (χ3n) is 2.23. The van der Waals surface area contributed by atoms with E-state index in [-0.39, 0.29) is 5.97 Å². The van der Waals surface area contributed by atoms with Gasteiger partial charge < -0.3 is 4.74 Å². The number of rotatable bonds is 3. The monoisotopic (exact) mass is 255 g/mol. The van der Waals surface area contributed by atoms with Crippen molar-refractivity contribution in [1.29, 1.82) is 0 Å². The fourth-order valence-corrected chi connectivity index (χ4v) is 1.49. The molecule has 88 valence electrons. The maximum atomic E-state index is 11.8. The maximum Gasteiger partial charge on any atom is 0.343 e. The molecule has 0 radical (unpaired) electrons. The highest BCUT2D eigenvalue weighted by atomic mass is 32.1. The lowest BCUT2D eigenvalue weighted by atomic mass is 10.2. The normalized spacial score (nSPS) is 9.33. The molecule has 0 unspecified atom stereocenters. The molecular weight excluding hydrogens is 246 g/mol. The van der Waals surface area contributed by atoms with Crippen LogP contribution in [0.1, 0.15) is 10.4 Å². The van der Waals surface area contributed by atoms with Crippen LogP contribution in [0.5, 0.6) is 5.75 Å². The second kappa shape index (κ2) is 5.87. The minimum absolute atomic E-state index is 0.387. The van der Waals surface area contributed by atoms with Crippen molar-refractivity contribution in [3.8, 4) is 5.75 Å². The average molecular weight is 255 g/mol. The molecule has 0 spiro atoms. The Bertz CT molecular complexity index is 587. The number of thiocarbonyl (C=S) groups is 1. The van der Waals surface area contributed by atoms with Crippen molar-refractivity contribution in [2.45, 2.75) is 0 Å². The van der Waals surface area contributed by atoms with Gasteiger partial charge in [-0.25, -0.2) is 4.79 Å². The fraction of sp³-hybridized carbons (Fsp3) is 0. The predicted molar refractivity (Wildman–Crippen MR) is 72.5 cm³/mol. The summed E-state index contributed by atoms with van der Waals surface area (Å²) < 4.78 is 5.21. The topological polar surface area (TPSA) is 38.7 Å². The van der Waals surface area contributed by atoms with Crippen LogP contribution in [0.3, 0.4) is 0 Å². The number of nitrogens with zero attached hydrogens (tertiary/aromatic N) is 1. The molecule has 0 saturated carbocycles. The molecule has 2 rings (SSSR count). The first-order valence-corrected chi connectivity index (χ1v) is 5.65. The van der Waals surface area contributed by atoms with Crippen LogP contribution in [-0.2, 0) is 0 Å². The second-order valence-corrected chi connectivity index (χ2v) is 3.64. The molecule has 0 saturated heterocycles. The molecule has 4 heteroatoms. The molecule has 0 amide bonds. The van der Waals surface area contributed by atoms with E-state index in [9.17, 15) is 4.79 Å². The number of carbonyl (C=O) groups is 1. The van der Waals surface area contributed by atoms with Crippen LogP contribution in [0, 0.1) is 0 Å². The van der Waals surface area contributed by atoms with Gasteiger partial charge in [0.15, 0.2) is 0 Å². The summed E-state index contributed by atoms with van der Waals surface area (Å²) in [5, 5.41) is 2.27. The van der Waals surface area contributed by atoms with Gasteiger partial charge in [-0.1, -0.05) is 18.2 Å². The Kier molecular flexibility index (Phi) is 3.97. The van der Waals surface area contributed by atoms with E-state index in [1.165, 1.54) is 0 Å². The van der Waals surface area contributed by atoms with E-state index in [1.807, 2.05) is 6.07 Å². The molecule has 18 heavy (non-hydrogen) atoms. The van der Waals surface area contributed by atoms with Gasteiger partial charge in [0.05, 0.1) is 16.4 Å². The van der Waals surface area contributed by atoms with Crippen LogP contribution in [0.25, 0.3) is 0 Å². The van der Waals surface area contributed by atoms with E-state index in [4.69, 9.17) is 4.74 Å². The Morgan fingerprint density at radius 2 is 1.72 bits per heavy atom. The van der Waals surface area contributed by atoms with Gasteiger partial charge in [0, 0.05) is 0 Å². The molecule has 0 N–H and O–H groups in total. The summed E-state index contributed by atoms with van der Waals surface area (Å²) in [4.78, 5) is 15.6. The third-order valence-corrected chi connectivity index (χ3v) is 2.32. The number of hydrogen-bond acceptors (Lipinski definition) is 4. The summed E-state index contributed by atoms with van der Waals surface area (Å²) in [6.45, 7) is 0. The predicted octanol–water partition coefficient (Wildman–Crippen LogP) is 3.64. The van der Waals surface area contributed by atoms with E-state index < -0.39 is 0 Å². The standard InChI is InChI=1S/C14H9NO2S/c16-14(11-4-2-1-3-5-11)17-13-8-6-12(7-9-13)15-10-18/h1-9H. The first-order valence-electron chi connectivity index (χ1n) is 5.25. The number of esters is 1. The number of benzene rings is 2. The molecule has 0 aromatic heterocycles. The number of hydrogen-bond donors (Lipinski definition) is 0. The van der Waals surface area contributed by atoms with Gasteiger partial charge >= 0.3 is 5.97 Å². The summed E-state index contributed by atoms with van der Waals surface area (Å²) in [6, 6.07) is 15.5. The number of isothiocyanates is 1. The van der Waals surface area contributed by atoms with Crippen molar-refractivity contribution >= 4 is 29.0 Å². The lowest BCUT2D eigenvalue weighted by Crippen LogP contribution is -2.07. The molecule has 0 aliphatic heterocycles. The molecule has 2 aromatic rings. The first kappa shape index (κ1) is 12.2. The van der Waals surface area contributed by atoms with Gasteiger partial charge in [-0.15, -0.1) is 0 Å². The van der Waals surface area contributed by atoms with Crippen molar-refractivity contribution in [3.63, 3.8) is 0 Å². The van der Waals surface area contributed by atoms with Crippen molar-refractivity contribution in [1.82, 2.24) is 0 Å². The average Bonchev–Trinajstić information content (AvgIpc) is 2.42. The molecule has 3 nitrogen and oxygen atoms in total. The molecule has 0 heterocycles. The minimum atomic E-state index is -0.387. The van der Waals surface area contributed by atoms with Crippen molar-refractivity contribution in [2.75, 3.05) is 0 Å². The quantitative estimate of drug-likeness (QED) is 0.364. The van der Waals surface area contributed by atoms with Gasteiger partial charge in [-0.05, 0) is 48.6 Å². The summed E-state index contributed by atoms with van der Waals surface area (Å²) in [5.41, 5.74) is 1.18. The van der Waals surface area contributed by atoms with Gasteiger partial charge in [-0.2, -0.15) is 4.99 Å². The molecule has 0 atom stereocenters. The SMILES string of the molecule is O=C(Oc1ccc(N=C=S)cc1)c1ccccc1. The summed E-state index contributed by atoms with van der Waals surface area (Å²) in [7, 11) is 0. The molecule has 0 fully saturated rings. The molecule has 0 aliphatic rings. The Hall–Kier alpha value is -2.29. The van der Waals surface area contributed by atoms with Crippen LogP contribution in [0.2, 0.25) is 0 Å². The summed E-state index contributed by atoms with van der Waals surface area (Å²) in [6.07, 6.45) is 0. The lowest BCUT2D eigenvalue weighted by molar-refractivity contribution is 0.0735. The van der Waals surface area contributed by atoms with E-state index >= 15 is 0 Å². The van der Waals surface area contributed by atoms with Crippen LogP contribution in [-0.4, -0.2) is 11.1 Å². The molecular formula is C14H9NO2S. The lowest BCUT2D eigenvalue weighted by Gasteiger charge is -2.03. The molecule has 0 aliphatic carbocycles. The number of carbonyl (C=O) groups excluding carboxylic acids is 1. The second-order valence-electron chi connectivity index (χ2n) is 3.45. The summed E-state index contributed by atoms with van der Waals surface area (Å²) in [5.74, 6) is 0.0776. The van der Waals surface area contributed by atoms with E-state index in [0.29, 0.717) is 17.0 Å². The number of aliphatic imine (C=N–C) groups is 1.